The topological polar surface area (TPSA) is 109 Å². The summed E-state index contributed by atoms with van der Waals surface area (Å²) in [4.78, 5) is 4.75. The fraction of sp³-hybridized carbons (Fsp3) is 0.111. The third-order valence-corrected chi connectivity index (χ3v) is 4.61. The molecule has 1 aromatic heterocycles. The minimum absolute atomic E-state index is 0.765. The smallest absolute Gasteiger partial charge is 0.354 e. The molecule has 27 heavy (non-hydrogen) atoms. The first-order valence-electron chi connectivity index (χ1n) is 7.74. The molecule has 0 fully saturated rings. The van der Waals surface area contributed by atoms with Gasteiger partial charge in [-0.2, -0.15) is 0 Å². The first-order chi connectivity index (χ1) is 12.9. The van der Waals surface area contributed by atoms with Crippen LogP contribution < -0.4 is 10.5 Å². The Balaban J connectivity index is 0.000000380. The first kappa shape index (κ1) is 20.8. The average molecular weight is 406 g/mol. The third kappa shape index (κ3) is 6.04. The van der Waals surface area contributed by atoms with E-state index in [1.807, 2.05) is 60.9 Å². The number of hydrogen-bond acceptors (Lipinski definition) is 7. The van der Waals surface area contributed by atoms with E-state index in [1.165, 1.54) is 0 Å². The quantitative estimate of drug-likeness (QED) is 0.177. The van der Waals surface area contributed by atoms with Gasteiger partial charge in [-0.05, 0) is 23.4 Å². The molecule has 1 heterocycles. The summed E-state index contributed by atoms with van der Waals surface area (Å²) >= 11 is 1.61. The van der Waals surface area contributed by atoms with Gasteiger partial charge in [0.2, 0.25) is 10.4 Å². The molecule has 0 radical (unpaired) electrons. The van der Waals surface area contributed by atoms with Crippen LogP contribution in [0.25, 0.3) is 22.6 Å². The fourth-order valence-electron chi connectivity index (χ4n) is 2.20. The number of nitrogens with zero attached hydrogens (tertiary/aromatic N) is 2. The van der Waals surface area contributed by atoms with Crippen LogP contribution in [-0.4, -0.2) is 31.3 Å². The van der Waals surface area contributed by atoms with Gasteiger partial charge in [0.1, 0.15) is 0 Å². The lowest BCUT2D eigenvalue weighted by Gasteiger charge is -2.05. The average Bonchev–Trinajstić information content (AvgIpc) is 2.69. The van der Waals surface area contributed by atoms with Crippen molar-refractivity contribution in [1.29, 1.82) is 0 Å². The Morgan fingerprint density at radius 1 is 1.04 bits per heavy atom. The van der Waals surface area contributed by atoms with Crippen LogP contribution >= 0.6 is 11.8 Å². The zero-order chi connectivity index (χ0) is 19.9. The molecule has 2 N–H and O–H groups in total. The van der Waals surface area contributed by atoms with Crippen molar-refractivity contribution in [2.45, 2.75) is 5.03 Å². The highest BCUT2D eigenvalue weighted by Crippen LogP contribution is 2.23. The maximum Gasteiger partial charge on any atom is 0.354 e. The Kier molecular flexibility index (Phi) is 7.31. The number of benzene rings is 2. The molecular weight excluding hydrogens is 386 g/mol. The number of nitrogens with two attached hydrogens (primary N) is 1. The minimum atomic E-state index is -4.41. The molecule has 3 rings (SSSR count). The van der Waals surface area contributed by atoms with Gasteiger partial charge in [-0.1, -0.05) is 60.3 Å². The third-order valence-electron chi connectivity index (χ3n) is 3.47. The Bertz CT molecular complexity index is 982. The van der Waals surface area contributed by atoms with E-state index in [4.69, 9.17) is 10.8 Å². The van der Waals surface area contributed by atoms with Crippen LogP contribution in [0.3, 0.4) is 0 Å². The van der Waals surface area contributed by atoms with Crippen molar-refractivity contribution < 1.29 is 21.8 Å². The number of rotatable bonds is 4. The standard InChI is InChI=1S/C17H16N3S.CH4O4S/c1-21-16-12-15(13-8-4-2-5-9-13)19-17(20(16)18)14-10-6-3-7-11-14;1-5-6(2,3)4/h2-12H,18H2,1H3;1H3,(H,2,3,4)/q+1;/p-1. The van der Waals surface area contributed by atoms with Crippen LogP contribution in [0, 0.1) is 0 Å². The molecule has 0 spiro atoms. The van der Waals surface area contributed by atoms with Gasteiger partial charge in [0.15, 0.2) is 10.7 Å². The van der Waals surface area contributed by atoms with E-state index in [-0.39, 0.29) is 0 Å². The van der Waals surface area contributed by atoms with E-state index >= 15 is 0 Å². The van der Waals surface area contributed by atoms with Crippen molar-refractivity contribution >= 4 is 22.2 Å². The van der Waals surface area contributed by atoms with Gasteiger partial charge in [0.25, 0.3) is 0 Å². The summed E-state index contributed by atoms with van der Waals surface area (Å²) in [5.74, 6) is 6.97. The Morgan fingerprint density at radius 2 is 1.52 bits per heavy atom. The molecule has 0 unspecified atom stereocenters. The van der Waals surface area contributed by atoms with Gasteiger partial charge in [0, 0.05) is 11.6 Å². The van der Waals surface area contributed by atoms with Crippen molar-refractivity contribution in [3.05, 3.63) is 66.7 Å². The largest absolute Gasteiger partial charge is 0.726 e. The predicted octanol–water partition coefficient (Wildman–Crippen LogP) is 2.23. The number of hydrogen-bond donors (Lipinski definition) is 1. The summed E-state index contributed by atoms with van der Waals surface area (Å²) in [5, 5.41) is 0.975. The minimum Gasteiger partial charge on any atom is -0.726 e. The summed E-state index contributed by atoms with van der Waals surface area (Å²) < 4.78 is 32.7. The van der Waals surface area contributed by atoms with Crippen molar-refractivity contribution in [2.24, 2.45) is 0 Å². The lowest BCUT2D eigenvalue weighted by molar-refractivity contribution is -0.669. The second kappa shape index (κ2) is 9.47. The van der Waals surface area contributed by atoms with E-state index in [2.05, 4.69) is 16.3 Å². The summed E-state index contributed by atoms with van der Waals surface area (Å²) in [6, 6.07) is 22.2. The maximum atomic E-state index is 9.22. The summed E-state index contributed by atoms with van der Waals surface area (Å²) in [6.07, 6.45) is 2.02. The second-order valence-corrected chi connectivity index (χ2v) is 7.16. The molecule has 142 valence electrons. The Labute approximate surface area is 162 Å². The monoisotopic (exact) mass is 405 g/mol. The molecule has 0 aliphatic rings. The molecular formula is C18H19N3O4S2. The van der Waals surface area contributed by atoms with E-state index in [0.717, 1.165) is 34.8 Å². The van der Waals surface area contributed by atoms with Gasteiger partial charge < -0.3 is 4.55 Å². The summed E-state index contributed by atoms with van der Waals surface area (Å²) in [6.45, 7) is 0. The normalized spacial score (nSPS) is 10.8. The van der Waals surface area contributed by atoms with Gasteiger partial charge >= 0.3 is 5.82 Å². The highest BCUT2D eigenvalue weighted by molar-refractivity contribution is 7.98. The lowest BCUT2D eigenvalue weighted by atomic mass is 10.1. The summed E-state index contributed by atoms with van der Waals surface area (Å²) in [7, 11) is -3.60. The fourth-order valence-corrected chi connectivity index (χ4v) is 2.71. The van der Waals surface area contributed by atoms with Crippen LogP contribution in [0.15, 0.2) is 71.8 Å². The summed E-state index contributed by atoms with van der Waals surface area (Å²) in [5.41, 5.74) is 3.03. The van der Waals surface area contributed by atoms with Gasteiger partial charge in [-0.3, -0.25) is 10.0 Å². The van der Waals surface area contributed by atoms with Crippen molar-refractivity contribution in [3.8, 4) is 22.6 Å². The van der Waals surface area contributed by atoms with Crippen LogP contribution in [0.2, 0.25) is 0 Å². The molecule has 0 bridgehead atoms. The van der Waals surface area contributed by atoms with Gasteiger partial charge in [-0.15, -0.1) is 4.68 Å². The molecule has 3 aromatic rings. The number of nitrogen functional groups attached to an aromatic ring is 1. The Hall–Kier alpha value is -2.46. The predicted molar refractivity (Wildman–Crippen MR) is 104 cm³/mol. The first-order valence-corrected chi connectivity index (χ1v) is 10.3. The molecule has 0 atom stereocenters. The van der Waals surface area contributed by atoms with E-state index in [1.54, 1.807) is 16.4 Å². The van der Waals surface area contributed by atoms with Crippen LogP contribution in [0.1, 0.15) is 0 Å². The zero-order valence-corrected chi connectivity index (χ0v) is 16.4. The van der Waals surface area contributed by atoms with Gasteiger partial charge in [0.05, 0.1) is 12.7 Å². The zero-order valence-electron chi connectivity index (χ0n) is 14.8. The highest BCUT2D eigenvalue weighted by atomic mass is 32.3. The van der Waals surface area contributed by atoms with E-state index in [9.17, 15) is 13.0 Å². The van der Waals surface area contributed by atoms with Crippen LogP contribution in [0.5, 0.6) is 0 Å². The molecule has 0 aliphatic heterocycles. The molecule has 9 heteroatoms. The van der Waals surface area contributed by atoms with Gasteiger partial charge in [-0.25, -0.2) is 8.42 Å². The number of thioether (sulfide) groups is 1. The van der Waals surface area contributed by atoms with E-state index in [0.29, 0.717) is 0 Å². The van der Waals surface area contributed by atoms with Crippen LogP contribution in [0.4, 0.5) is 0 Å². The molecule has 0 aliphatic carbocycles. The second-order valence-electron chi connectivity index (χ2n) is 5.18. The molecule has 2 aromatic carbocycles. The molecule has 0 saturated carbocycles. The van der Waals surface area contributed by atoms with E-state index < -0.39 is 10.4 Å². The van der Waals surface area contributed by atoms with Crippen LogP contribution in [-0.2, 0) is 14.6 Å². The van der Waals surface area contributed by atoms with Crippen molar-refractivity contribution in [2.75, 3.05) is 19.2 Å². The Morgan fingerprint density at radius 3 is 1.96 bits per heavy atom. The lowest BCUT2D eigenvalue weighted by Crippen LogP contribution is -2.49. The van der Waals surface area contributed by atoms with Crippen molar-refractivity contribution in [3.63, 3.8) is 0 Å². The highest BCUT2D eigenvalue weighted by Gasteiger charge is 2.21. The molecule has 0 amide bonds. The number of aromatic nitrogens is 2. The van der Waals surface area contributed by atoms with Crippen molar-refractivity contribution in [1.82, 2.24) is 4.98 Å². The molecule has 7 nitrogen and oxygen atoms in total. The SMILES string of the molecule is COS(=O)(=O)[O-].CSc1cc(-c2ccccc2)nc(-c2ccccc2)[n+]1N. The maximum absolute atomic E-state index is 9.22. The molecule has 0 saturated heterocycles.